The van der Waals surface area contributed by atoms with Crippen molar-refractivity contribution in [2.75, 3.05) is 44.7 Å². The third-order valence-electron chi connectivity index (χ3n) is 8.55. The van der Waals surface area contributed by atoms with Gasteiger partial charge in [-0.25, -0.2) is 14.4 Å². The van der Waals surface area contributed by atoms with Gasteiger partial charge in [0.1, 0.15) is 0 Å². The van der Waals surface area contributed by atoms with Gasteiger partial charge in [0.15, 0.2) is 11.7 Å². The number of likely N-dealkylation sites (tertiary alicyclic amines) is 1. The molecule has 222 valence electrons. The normalized spacial score (nSPS) is 18.5. The Bertz CT molecular complexity index is 1570. The van der Waals surface area contributed by atoms with Crippen molar-refractivity contribution in [1.82, 2.24) is 24.6 Å². The zero-order chi connectivity index (χ0) is 29.4. The van der Waals surface area contributed by atoms with Crippen LogP contribution in [0.15, 0.2) is 45.6 Å². The second-order valence-corrected chi connectivity index (χ2v) is 11.3. The van der Waals surface area contributed by atoms with E-state index < -0.39 is 18.0 Å². The molecule has 2 saturated heterocycles. The average Bonchev–Trinajstić information content (AvgIpc) is 3.57. The van der Waals surface area contributed by atoms with E-state index in [0.29, 0.717) is 63.3 Å². The minimum absolute atomic E-state index is 0.00620. The Balaban J connectivity index is 1.12. The van der Waals surface area contributed by atoms with Crippen LogP contribution in [-0.2, 0) is 29.4 Å². The molecule has 3 aliphatic rings. The number of oxazole rings is 1. The van der Waals surface area contributed by atoms with Crippen LogP contribution in [0, 0.1) is 6.92 Å². The van der Waals surface area contributed by atoms with Gasteiger partial charge in [0.2, 0.25) is 0 Å². The Hall–Kier alpha value is -4.32. The number of rotatable bonds is 5. The predicted octanol–water partition coefficient (Wildman–Crippen LogP) is 2.43. The standard InChI is InChI=1S/C30H36N6O6/c1-19-15-20(16-24-26(19)33(2)29(39)41-24)17-25(27(37)35-14-10-31-18-35)42-30(40)34-11-8-22(9-12-34)36-13-7-21-5-3-4-6-23(21)32-28(36)38/h3-6,15-16,22,25,31H,7-14,17-18H2,1-2H3,(H,32,38)/t25-/m1/s1. The number of para-hydroxylation sites is 1. The van der Waals surface area contributed by atoms with E-state index >= 15 is 0 Å². The molecule has 0 saturated carbocycles. The number of ether oxygens (including phenoxy) is 1. The van der Waals surface area contributed by atoms with Gasteiger partial charge < -0.3 is 29.2 Å². The Labute approximate surface area is 243 Å². The summed E-state index contributed by atoms with van der Waals surface area (Å²) in [6.07, 6.45) is 0.589. The van der Waals surface area contributed by atoms with Crippen molar-refractivity contribution in [1.29, 1.82) is 0 Å². The first-order valence-corrected chi connectivity index (χ1v) is 14.5. The van der Waals surface area contributed by atoms with Gasteiger partial charge in [0.05, 0.1) is 12.2 Å². The first-order chi connectivity index (χ1) is 20.3. The SMILES string of the molecule is Cc1cc(C[C@@H](OC(=O)N2CCC(N3CCc4ccccc4NC3=O)CC2)C(=O)N2CCNC2)cc2oc(=O)n(C)c12. The van der Waals surface area contributed by atoms with E-state index in [1.807, 2.05) is 42.2 Å². The first-order valence-electron chi connectivity index (χ1n) is 14.5. The third-order valence-corrected chi connectivity index (χ3v) is 8.55. The molecule has 12 heteroatoms. The van der Waals surface area contributed by atoms with Gasteiger partial charge in [-0.2, -0.15) is 0 Å². The lowest BCUT2D eigenvalue weighted by Gasteiger charge is -2.38. The number of nitrogens with one attached hydrogen (secondary N) is 2. The van der Waals surface area contributed by atoms with E-state index in [1.54, 1.807) is 22.9 Å². The maximum absolute atomic E-state index is 13.5. The zero-order valence-electron chi connectivity index (χ0n) is 23.9. The molecule has 4 amide bonds. The minimum atomic E-state index is -1.03. The fraction of sp³-hybridized carbons (Fsp3) is 0.467. The summed E-state index contributed by atoms with van der Waals surface area (Å²) in [5.74, 6) is -0.727. The van der Waals surface area contributed by atoms with E-state index in [0.717, 1.165) is 28.8 Å². The van der Waals surface area contributed by atoms with Gasteiger partial charge in [0.25, 0.3) is 5.91 Å². The Morgan fingerprint density at radius 2 is 1.86 bits per heavy atom. The molecule has 2 N–H and O–H groups in total. The fourth-order valence-electron chi connectivity index (χ4n) is 6.29. The number of nitrogens with zero attached hydrogens (tertiary/aromatic N) is 4. The zero-order valence-corrected chi connectivity index (χ0v) is 23.9. The maximum atomic E-state index is 13.5. The molecule has 0 unspecified atom stereocenters. The van der Waals surface area contributed by atoms with Crippen molar-refractivity contribution in [3.05, 3.63) is 63.6 Å². The molecular formula is C30H36N6O6. The molecule has 3 aliphatic heterocycles. The van der Waals surface area contributed by atoms with Crippen molar-refractivity contribution in [2.24, 2.45) is 7.05 Å². The molecule has 12 nitrogen and oxygen atoms in total. The Kier molecular flexibility index (Phi) is 7.63. The van der Waals surface area contributed by atoms with E-state index in [2.05, 4.69) is 10.6 Å². The van der Waals surface area contributed by atoms with Crippen LogP contribution in [0.2, 0.25) is 0 Å². The summed E-state index contributed by atoms with van der Waals surface area (Å²) in [6, 6.07) is 11.3. The highest BCUT2D eigenvalue weighted by Crippen LogP contribution is 2.26. The van der Waals surface area contributed by atoms with Crippen LogP contribution in [0.5, 0.6) is 0 Å². The molecule has 0 bridgehead atoms. The summed E-state index contributed by atoms with van der Waals surface area (Å²) in [5.41, 5.74) is 4.65. The minimum Gasteiger partial charge on any atom is -0.436 e. The Morgan fingerprint density at radius 1 is 1.07 bits per heavy atom. The van der Waals surface area contributed by atoms with Gasteiger partial charge in [-0.1, -0.05) is 24.3 Å². The largest absolute Gasteiger partial charge is 0.436 e. The number of aryl methyl sites for hydroxylation is 2. The summed E-state index contributed by atoms with van der Waals surface area (Å²) in [6.45, 7) is 4.94. The molecule has 2 aromatic carbocycles. The van der Waals surface area contributed by atoms with Crippen LogP contribution in [0.25, 0.3) is 11.1 Å². The highest BCUT2D eigenvalue weighted by molar-refractivity contribution is 5.91. The number of anilines is 1. The van der Waals surface area contributed by atoms with E-state index in [-0.39, 0.29) is 24.4 Å². The maximum Gasteiger partial charge on any atom is 0.419 e. The summed E-state index contributed by atoms with van der Waals surface area (Å²) >= 11 is 0. The van der Waals surface area contributed by atoms with Gasteiger partial charge in [-0.05, 0) is 55.0 Å². The van der Waals surface area contributed by atoms with Crippen LogP contribution in [0.4, 0.5) is 15.3 Å². The second-order valence-electron chi connectivity index (χ2n) is 11.3. The molecule has 3 aromatic rings. The summed E-state index contributed by atoms with van der Waals surface area (Å²) < 4.78 is 12.7. The lowest BCUT2D eigenvalue weighted by molar-refractivity contribution is -0.139. The fourth-order valence-corrected chi connectivity index (χ4v) is 6.29. The number of fused-ring (bicyclic) bond motifs is 2. The second kappa shape index (κ2) is 11.5. The number of benzene rings is 2. The van der Waals surface area contributed by atoms with E-state index in [9.17, 15) is 19.2 Å². The topological polar surface area (TPSA) is 129 Å². The van der Waals surface area contributed by atoms with Gasteiger partial charge in [0, 0.05) is 57.9 Å². The van der Waals surface area contributed by atoms with E-state index in [1.165, 1.54) is 4.57 Å². The monoisotopic (exact) mass is 576 g/mol. The summed E-state index contributed by atoms with van der Waals surface area (Å²) in [7, 11) is 1.65. The van der Waals surface area contributed by atoms with Crippen molar-refractivity contribution in [2.45, 2.75) is 44.8 Å². The Morgan fingerprint density at radius 3 is 2.62 bits per heavy atom. The number of carbonyl (C=O) groups is 3. The molecule has 1 atom stereocenters. The predicted molar refractivity (Wildman–Crippen MR) is 155 cm³/mol. The molecule has 1 aromatic heterocycles. The number of hydrogen-bond donors (Lipinski definition) is 2. The highest BCUT2D eigenvalue weighted by atomic mass is 16.6. The van der Waals surface area contributed by atoms with Gasteiger partial charge in [-0.3, -0.25) is 14.7 Å². The van der Waals surface area contributed by atoms with Gasteiger partial charge in [-0.15, -0.1) is 0 Å². The molecule has 0 spiro atoms. The van der Waals surface area contributed by atoms with Crippen LogP contribution < -0.4 is 16.4 Å². The molecule has 0 radical (unpaired) electrons. The summed E-state index contributed by atoms with van der Waals surface area (Å²) in [4.78, 5) is 57.0. The average molecular weight is 577 g/mol. The highest BCUT2D eigenvalue weighted by Gasteiger charge is 2.35. The van der Waals surface area contributed by atoms with E-state index in [4.69, 9.17) is 9.15 Å². The number of carbonyl (C=O) groups excluding carboxylic acids is 3. The summed E-state index contributed by atoms with van der Waals surface area (Å²) in [5, 5.41) is 6.17. The molecule has 0 aliphatic carbocycles. The van der Waals surface area contributed by atoms with Gasteiger partial charge >= 0.3 is 17.9 Å². The van der Waals surface area contributed by atoms with Crippen molar-refractivity contribution < 1.29 is 23.5 Å². The molecule has 6 rings (SSSR count). The van der Waals surface area contributed by atoms with Crippen LogP contribution in [-0.4, -0.2) is 88.8 Å². The molecule has 42 heavy (non-hydrogen) atoms. The molecule has 4 heterocycles. The van der Waals surface area contributed by atoms with Crippen LogP contribution >= 0.6 is 0 Å². The van der Waals surface area contributed by atoms with Crippen molar-refractivity contribution >= 4 is 34.8 Å². The molecule has 2 fully saturated rings. The number of urea groups is 1. The van der Waals surface area contributed by atoms with Crippen molar-refractivity contribution in [3.8, 4) is 0 Å². The number of amides is 4. The lowest BCUT2D eigenvalue weighted by Crippen LogP contribution is -2.51. The number of hydrogen-bond acceptors (Lipinski definition) is 7. The quantitative estimate of drug-likeness (QED) is 0.477. The first kappa shape index (κ1) is 27.8. The third kappa shape index (κ3) is 5.46. The van der Waals surface area contributed by atoms with Crippen molar-refractivity contribution in [3.63, 3.8) is 0 Å². The lowest BCUT2D eigenvalue weighted by atomic mass is 10.0. The number of aromatic nitrogens is 1. The smallest absolute Gasteiger partial charge is 0.419 e. The van der Waals surface area contributed by atoms with Crippen LogP contribution in [0.3, 0.4) is 0 Å². The molecular weight excluding hydrogens is 540 g/mol. The number of piperidine rings is 1. The van der Waals surface area contributed by atoms with Crippen LogP contribution in [0.1, 0.15) is 29.5 Å².